The van der Waals surface area contributed by atoms with Gasteiger partial charge in [0.15, 0.2) is 11.4 Å². The van der Waals surface area contributed by atoms with E-state index in [1.165, 1.54) is 55.6 Å². The van der Waals surface area contributed by atoms with Gasteiger partial charge in [0, 0.05) is 56.3 Å². The topological polar surface area (TPSA) is 243 Å². The Kier molecular flexibility index (Phi) is 17.9. The molecule has 0 fully saturated rings. The second-order valence-corrected chi connectivity index (χ2v) is 17.8. The minimum absolute atomic E-state index is 0.0178. The lowest BCUT2D eigenvalue weighted by Crippen LogP contribution is -2.51. The number of esters is 1. The second kappa shape index (κ2) is 22.8. The predicted octanol–water partition coefficient (Wildman–Crippen LogP) is 8.77. The molecule has 2 aliphatic heterocycles. The zero-order valence-electron chi connectivity index (χ0n) is 39.2. The van der Waals surface area contributed by atoms with Gasteiger partial charge in [-0.1, -0.05) is 36.4 Å². The van der Waals surface area contributed by atoms with Crippen molar-refractivity contribution in [2.45, 2.75) is 78.0 Å². The fraction of sp³-hybridized carbons (Fsp3) is 0.404. The molecule has 360 valence electrons. The molecule has 4 N–H and O–H groups in total. The van der Waals surface area contributed by atoms with E-state index in [9.17, 15) is 39.4 Å². The lowest BCUT2D eigenvalue weighted by Gasteiger charge is -2.35. The first-order chi connectivity index (χ1) is 31.5. The Balaban J connectivity index is 0.000000242. The number of rotatable bonds is 11. The minimum atomic E-state index is -0.774. The van der Waals surface area contributed by atoms with Gasteiger partial charge in [0.25, 0.3) is 22.5 Å². The number of carbonyl (C=O) groups excluding carboxylic acids is 4. The number of ether oxygens (including phenoxy) is 4. The van der Waals surface area contributed by atoms with Crippen LogP contribution in [-0.2, 0) is 27.1 Å². The number of fused-ring (bicyclic) bond motifs is 2. The Morgan fingerprint density at radius 3 is 1.81 bits per heavy atom. The zero-order chi connectivity index (χ0) is 49.8. The van der Waals surface area contributed by atoms with Gasteiger partial charge in [-0.3, -0.25) is 34.6 Å². The summed E-state index contributed by atoms with van der Waals surface area (Å²) in [4.78, 5) is 71.3. The van der Waals surface area contributed by atoms with Crippen molar-refractivity contribution in [2.24, 2.45) is 5.92 Å². The van der Waals surface area contributed by atoms with E-state index < -0.39 is 44.3 Å². The average molecular weight is 948 g/mol. The van der Waals surface area contributed by atoms with Gasteiger partial charge < -0.3 is 45.1 Å². The highest BCUT2D eigenvalue weighted by molar-refractivity contribution is 6.67. The molecule has 67 heavy (non-hydrogen) atoms. The summed E-state index contributed by atoms with van der Waals surface area (Å²) in [6.07, 6.45) is 1.37. The van der Waals surface area contributed by atoms with Gasteiger partial charge in [-0.15, -0.1) is 0 Å². The maximum atomic E-state index is 13.5. The number of nitro benzene ring substituents is 2. The van der Waals surface area contributed by atoms with E-state index in [0.717, 1.165) is 24.6 Å². The molecule has 2 aliphatic rings. The van der Waals surface area contributed by atoms with Gasteiger partial charge >= 0.3 is 12.1 Å². The summed E-state index contributed by atoms with van der Waals surface area (Å²) in [7, 11) is 5.79. The van der Waals surface area contributed by atoms with Crippen LogP contribution >= 0.6 is 11.6 Å². The number of carbonyl (C=O) groups is 4. The molecule has 4 aromatic carbocycles. The first-order valence-electron chi connectivity index (χ1n) is 21.2. The van der Waals surface area contributed by atoms with Gasteiger partial charge in [0.2, 0.25) is 0 Å². The first kappa shape index (κ1) is 52.5. The molecule has 0 aromatic heterocycles. The van der Waals surface area contributed by atoms with Crippen LogP contribution in [-0.4, -0.2) is 91.7 Å². The maximum absolute atomic E-state index is 13.5. The van der Waals surface area contributed by atoms with Crippen molar-refractivity contribution in [1.29, 1.82) is 0 Å². The van der Waals surface area contributed by atoms with Crippen LogP contribution in [0, 0.1) is 26.1 Å². The van der Waals surface area contributed by atoms with Crippen LogP contribution in [0.2, 0.25) is 0 Å². The fourth-order valence-corrected chi connectivity index (χ4v) is 7.45. The largest absolute Gasteiger partial charge is 0.494 e. The van der Waals surface area contributed by atoms with Crippen molar-refractivity contribution < 1.29 is 48.0 Å². The Bertz CT molecular complexity index is 2470. The van der Waals surface area contributed by atoms with E-state index in [1.54, 1.807) is 27.8 Å². The van der Waals surface area contributed by atoms with Crippen molar-refractivity contribution in [1.82, 2.24) is 5.32 Å². The van der Waals surface area contributed by atoms with E-state index in [2.05, 4.69) is 33.4 Å². The van der Waals surface area contributed by atoms with E-state index in [4.69, 9.17) is 30.5 Å². The lowest BCUT2D eigenvalue weighted by molar-refractivity contribution is -0.384. The molecule has 4 aromatic rings. The summed E-state index contributed by atoms with van der Waals surface area (Å²) in [5, 5.41) is 33.2. The lowest BCUT2D eigenvalue weighted by atomic mass is 9.91. The number of amides is 2. The maximum Gasteiger partial charge on any atom is 0.407 e. The summed E-state index contributed by atoms with van der Waals surface area (Å²) in [5.74, 6) is 0.162. The highest BCUT2D eigenvalue weighted by atomic mass is 35.5. The van der Waals surface area contributed by atoms with Crippen molar-refractivity contribution >= 4 is 68.9 Å². The zero-order valence-corrected chi connectivity index (χ0v) is 40.0. The molecule has 0 saturated carbocycles. The monoisotopic (exact) mass is 947 g/mol. The summed E-state index contributed by atoms with van der Waals surface area (Å²) in [6, 6.07) is 20.4. The number of hydrogen-bond acceptors (Lipinski definition) is 15. The summed E-state index contributed by atoms with van der Waals surface area (Å²) in [5.41, 5.74) is 2.96. The standard InChI is InChI=1S/C23H28N4O6.C15H21NO2.C9H9ClN2O4/c1-23(2,3)33-22(29)25-16-10-14-8-6-7-9-17(14)26(13-16)21(28)15-11-18(27(30)31)20(24-4)19(12-15)32-5;1-15(2,3)18-14(17)9-11-8-12-6-4-5-7-13(12)16-10-11;1-11-8-6(12(14)15)3-5(9(10)13)4-7(8)16-2/h6-9,11-12,16,24H,10,13H2,1-5H3,(H,25,29);4-7,11,16H,8-10H2,1-3H3;3-4,11H,1-2H3. The number of anilines is 4. The fourth-order valence-electron chi connectivity index (χ4n) is 7.34. The Hall–Kier alpha value is -7.15. The minimum Gasteiger partial charge on any atom is -0.494 e. The summed E-state index contributed by atoms with van der Waals surface area (Å²) in [6.45, 7) is 12.0. The predicted molar refractivity (Wildman–Crippen MR) is 256 cm³/mol. The summed E-state index contributed by atoms with van der Waals surface area (Å²) >= 11 is 5.27. The van der Waals surface area contributed by atoms with Crippen molar-refractivity contribution in [3.8, 4) is 11.5 Å². The number of halogens is 1. The third-order valence-corrected chi connectivity index (χ3v) is 10.3. The molecule has 0 spiro atoms. The molecule has 20 heteroatoms. The molecular weight excluding hydrogens is 890 g/mol. The summed E-state index contributed by atoms with van der Waals surface area (Å²) < 4.78 is 20.9. The molecule has 2 atom stereocenters. The van der Waals surface area contributed by atoms with Crippen LogP contribution in [0.5, 0.6) is 11.5 Å². The molecule has 2 amide bonds. The van der Waals surface area contributed by atoms with Crippen molar-refractivity contribution in [3.05, 3.63) is 115 Å². The average Bonchev–Trinajstić information content (AvgIpc) is 3.26. The van der Waals surface area contributed by atoms with E-state index in [0.29, 0.717) is 24.4 Å². The van der Waals surface area contributed by atoms with Gasteiger partial charge in [-0.25, -0.2) is 4.79 Å². The SMILES string of the molecule is CC(C)(C)OC(=O)CC1CNc2ccccc2C1.CNc1c(OC)cc(C(=O)Cl)cc1[N+](=O)[O-].CNc1c(OC)cc(C(=O)N2CC(NC(=O)OC(C)(C)C)Cc3ccccc32)cc1[N+](=O)[O-]. The number of nitro groups is 2. The van der Waals surface area contributed by atoms with Crippen LogP contribution in [0.25, 0.3) is 0 Å². The molecule has 6 rings (SSSR count). The van der Waals surface area contributed by atoms with Crippen molar-refractivity contribution in [2.75, 3.05) is 62.3 Å². The van der Waals surface area contributed by atoms with Crippen LogP contribution in [0.15, 0.2) is 72.8 Å². The quantitative estimate of drug-likeness (QED) is 0.0475. The number of benzene rings is 4. The number of alkyl carbamates (subject to hydrolysis) is 1. The number of nitrogens with one attached hydrogen (secondary N) is 4. The number of hydrogen-bond donors (Lipinski definition) is 4. The van der Waals surface area contributed by atoms with E-state index in [1.807, 2.05) is 57.2 Å². The van der Waals surface area contributed by atoms with E-state index >= 15 is 0 Å². The highest BCUT2D eigenvalue weighted by Gasteiger charge is 2.33. The Morgan fingerprint density at radius 1 is 0.761 bits per heavy atom. The molecule has 2 unspecified atom stereocenters. The third kappa shape index (κ3) is 14.7. The Labute approximate surface area is 394 Å². The molecule has 0 radical (unpaired) electrons. The molecule has 0 aliphatic carbocycles. The number of nitrogens with zero attached hydrogens (tertiary/aromatic N) is 3. The third-order valence-electron chi connectivity index (χ3n) is 10.1. The van der Waals surface area contributed by atoms with Crippen LogP contribution in [0.3, 0.4) is 0 Å². The first-order valence-corrected chi connectivity index (χ1v) is 21.6. The van der Waals surface area contributed by atoms with Crippen LogP contribution in [0.1, 0.15) is 79.8 Å². The number of para-hydroxylation sites is 2. The molecule has 0 saturated heterocycles. The molecule has 19 nitrogen and oxygen atoms in total. The second-order valence-electron chi connectivity index (χ2n) is 17.4. The molecule has 0 bridgehead atoms. The smallest absolute Gasteiger partial charge is 0.407 e. The van der Waals surface area contributed by atoms with Crippen LogP contribution < -0.4 is 35.6 Å². The van der Waals surface area contributed by atoms with E-state index in [-0.39, 0.29) is 57.9 Å². The van der Waals surface area contributed by atoms with Crippen LogP contribution in [0.4, 0.5) is 38.9 Å². The van der Waals surface area contributed by atoms with Gasteiger partial charge in [0.05, 0.1) is 42.1 Å². The molecule has 2 heterocycles. The number of methoxy groups -OCH3 is 2. The normalized spacial score (nSPS) is 14.9. The molecular formula is C47H58ClN7O12. The van der Waals surface area contributed by atoms with Gasteiger partial charge in [0.1, 0.15) is 22.7 Å². The highest BCUT2D eigenvalue weighted by Crippen LogP contribution is 2.38. The van der Waals surface area contributed by atoms with Crippen molar-refractivity contribution in [3.63, 3.8) is 0 Å². The van der Waals surface area contributed by atoms with Gasteiger partial charge in [-0.05, 0) is 107 Å². The van der Waals surface area contributed by atoms with Gasteiger partial charge in [-0.2, -0.15) is 0 Å². The Morgan fingerprint density at radius 2 is 1.28 bits per heavy atom.